The van der Waals surface area contributed by atoms with E-state index in [1.807, 2.05) is 60.7 Å². The van der Waals surface area contributed by atoms with Gasteiger partial charge in [0, 0.05) is 54.6 Å². The molecule has 12 rings (SSSR count). The first-order chi connectivity index (χ1) is 28.9. The van der Waals surface area contributed by atoms with E-state index in [4.69, 9.17) is 0 Å². The van der Waals surface area contributed by atoms with Gasteiger partial charge in [-0.15, -0.1) is 0 Å². The summed E-state index contributed by atoms with van der Waals surface area (Å²) in [4.78, 5) is 60.2. The van der Waals surface area contributed by atoms with Gasteiger partial charge in [-0.05, 0) is 91.0 Å². The summed E-state index contributed by atoms with van der Waals surface area (Å²) in [6.07, 6.45) is 0. The van der Waals surface area contributed by atoms with E-state index in [0.717, 1.165) is 59.9 Å². The summed E-state index contributed by atoms with van der Waals surface area (Å²) in [5.74, 6) is -2.32. The number of fused-ring (bicyclic) bond motifs is 6. The Bertz CT molecular complexity index is 3250. The monoisotopic (exact) mass is 764 g/mol. The third-order valence-electron chi connectivity index (χ3n) is 11.8. The Hall–Kier alpha value is -8.30. The molecule has 1 N–H and O–H groups in total. The number of benzene rings is 8. The number of rotatable bonds is 4. The normalized spacial score (nSPS) is 13.9. The molecule has 0 aliphatic carbocycles. The van der Waals surface area contributed by atoms with Crippen molar-refractivity contribution >= 4 is 89.4 Å². The number of hydrogen-bond donors (Lipinski definition) is 1. The Morgan fingerprint density at radius 1 is 0.322 bits per heavy atom. The van der Waals surface area contributed by atoms with Crippen LogP contribution >= 0.6 is 0 Å². The van der Waals surface area contributed by atoms with Crippen LogP contribution in [0.25, 0.3) is 65.8 Å². The van der Waals surface area contributed by atoms with Gasteiger partial charge in [0.1, 0.15) is 5.75 Å². The molecule has 2 aliphatic heterocycles. The number of phenols is 1. The number of para-hydroxylation sites is 4. The van der Waals surface area contributed by atoms with Gasteiger partial charge < -0.3 is 14.2 Å². The maximum atomic E-state index is 15.0. The molecule has 9 heteroatoms. The molecule has 2 aliphatic rings. The number of amides is 4. The van der Waals surface area contributed by atoms with E-state index in [2.05, 4.69) is 63.7 Å². The lowest BCUT2D eigenvalue weighted by molar-refractivity contribution is 0.0873. The van der Waals surface area contributed by atoms with Crippen LogP contribution in [0.3, 0.4) is 0 Å². The fraction of sp³-hybridized carbons (Fsp3) is 0. The number of anilines is 2. The Labute approximate surface area is 334 Å². The third kappa shape index (κ3) is 4.43. The lowest BCUT2D eigenvalue weighted by atomic mass is 9.85. The van der Waals surface area contributed by atoms with Crippen molar-refractivity contribution in [1.29, 1.82) is 0 Å². The van der Waals surface area contributed by atoms with E-state index in [9.17, 15) is 24.3 Å². The van der Waals surface area contributed by atoms with Gasteiger partial charge in [-0.25, -0.2) is 9.80 Å². The summed E-state index contributed by atoms with van der Waals surface area (Å²) in [6.45, 7) is 0. The Morgan fingerprint density at radius 2 is 0.627 bits per heavy atom. The van der Waals surface area contributed by atoms with Crippen LogP contribution in [-0.4, -0.2) is 37.9 Å². The molecule has 2 aromatic heterocycles. The summed E-state index contributed by atoms with van der Waals surface area (Å²) in [5.41, 5.74) is 6.83. The smallest absolute Gasteiger partial charge is 0.265 e. The highest BCUT2D eigenvalue weighted by atomic mass is 16.3. The molecular weight excluding hydrogens is 737 g/mol. The number of phenolic OH excluding ortho intramolecular Hbond substituents is 1. The van der Waals surface area contributed by atoms with Crippen molar-refractivity contribution < 1.29 is 24.3 Å². The van der Waals surface area contributed by atoms with E-state index < -0.39 is 23.6 Å². The number of imide groups is 2. The highest BCUT2D eigenvalue weighted by Crippen LogP contribution is 2.43. The predicted molar refractivity (Wildman–Crippen MR) is 229 cm³/mol. The van der Waals surface area contributed by atoms with Crippen LogP contribution in [0.15, 0.2) is 164 Å². The van der Waals surface area contributed by atoms with Crippen LogP contribution < -0.4 is 9.80 Å². The van der Waals surface area contributed by atoms with Gasteiger partial charge in [0.15, 0.2) is 0 Å². The standard InChI is InChI=1S/C50H28N4O5/c55-32-19-17-28(18-20-32)53-47(56)37-21-23-39-46-40(24-22-38(45(37)46)48(53)57)50(59)54(49(39)58)31-26-29(51-41-13-5-1-9-33(41)34-10-2-6-14-42(34)51)25-30(27-31)52-43-15-7-3-11-35(43)36-12-4-8-16-44(36)52/h1-27,55H. The molecule has 0 saturated carbocycles. The predicted octanol–water partition coefficient (Wildman–Crippen LogP) is 10.3. The van der Waals surface area contributed by atoms with Crippen LogP contribution in [0.4, 0.5) is 11.4 Å². The maximum Gasteiger partial charge on any atom is 0.265 e. The minimum atomic E-state index is -0.589. The first-order valence-electron chi connectivity index (χ1n) is 19.2. The average molecular weight is 765 g/mol. The molecule has 0 spiro atoms. The number of carbonyl (C=O) groups is 4. The SMILES string of the molecule is O=C1c2ccc3c4c(ccc(c24)C(=O)N1c1ccc(O)cc1)C(=O)N(c1cc(-n2c4ccccc4c4ccccc42)cc(-n2c4ccccc4c4ccccc42)c1)C3=O. The first-order valence-corrected chi connectivity index (χ1v) is 19.2. The molecule has 0 atom stereocenters. The van der Waals surface area contributed by atoms with Crippen molar-refractivity contribution in [2.45, 2.75) is 0 Å². The summed E-state index contributed by atoms with van der Waals surface area (Å²) >= 11 is 0. The van der Waals surface area contributed by atoms with Crippen molar-refractivity contribution in [2.24, 2.45) is 0 Å². The first kappa shape index (κ1) is 32.9. The topological polar surface area (TPSA) is 105 Å². The van der Waals surface area contributed by atoms with Gasteiger partial charge in [0.25, 0.3) is 23.6 Å². The van der Waals surface area contributed by atoms with Gasteiger partial charge in [-0.1, -0.05) is 72.8 Å². The molecule has 4 amide bonds. The Balaban J connectivity index is 1.09. The van der Waals surface area contributed by atoms with E-state index in [1.54, 1.807) is 24.3 Å². The summed E-state index contributed by atoms with van der Waals surface area (Å²) < 4.78 is 4.33. The summed E-state index contributed by atoms with van der Waals surface area (Å²) in [5, 5.41) is 14.7. The van der Waals surface area contributed by atoms with Crippen LogP contribution in [0, 0.1) is 0 Å². The van der Waals surface area contributed by atoms with Crippen LogP contribution in [0.2, 0.25) is 0 Å². The number of carbonyl (C=O) groups excluding carboxylic acids is 4. The Morgan fingerprint density at radius 3 is 0.983 bits per heavy atom. The molecule has 10 aromatic rings. The summed E-state index contributed by atoms with van der Waals surface area (Å²) in [7, 11) is 0. The molecule has 0 unspecified atom stereocenters. The van der Waals surface area contributed by atoms with Crippen molar-refractivity contribution in [3.05, 3.63) is 186 Å². The Kier molecular flexibility index (Phi) is 6.61. The molecular formula is C50H28N4O5. The number of aromatic hydroxyl groups is 1. The zero-order chi connectivity index (χ0) is 39.7. The maximum absolute atomic E-state index is 15.0. The number of aromatic nitrogens is 2. The van der Waals surface area contributed by atoms with Gasteiger partial charge in [-0.2, -0.15) is 0 Å². The van der Waals surface area contributed by atoms with E-state index >= 15 is 0 Å². The van der Waals surface area contributed by atoms with Crippen LogP contribution in [-0.2, 0) is 0 Å². The van der Waals surface area contributed by atoms with E-state index in [-0.39, 0.29) is 44.5 Å². The third-order valence-corrected chi connectivity index (χ3v) is 11.8. The quantitative estimate of drug-likeness (QED) is 0.180. The fourth-order valence-electron chi connectivity index (χ4n) is 9.31. The molecule has 0 radical (unpaired) electrons. The molecule has 0 fully saturated rings. The van der Waals surface area contributed by atoms with Crippen molar-refractivity contribution in [3.63, 3.8) is 0 Å². The number of hydrogen-bond acceptors (Lipinski definition) is 5. The lowest BCUT2D eigenvalue weighted by Crippen LogP contribution is -2.43. The summed E-state index contributed by atoms with van der Waals surface area (Å²) in [6, 6.07) is 50.6. The van der Waals surface area contributed by atoms with Gasteiger partial charge in [0.2, 0.25) is 0 Å². The molecule has 278 valence electrons. The van der Waals surface area contributed by atoms with Crippen molar-refractivity contribution in [2.75, 3.05) is 9.80 Å². The van der Waals surface area contributed by atoms with Crippen molar-refractivity contribution in [3.8, 4) is 17.1 Å². The fourth-order valence-corrected chi connectivity index (χ4v) is 9.31. The highest BCUT2D eigenvalue weighted by molar-refractivity contribution is 6.42. The van der Waals surface area contributed by atoms with Crippen molar-refractivity contribution in [1.82, 2.24) is 9.13 Å². The average Bonchev–Trinajstić information content (AvgIpc) is 3.79. The minimum Gasteiger partial charge on any atom is -0.508 e. The molecule has 59 heavy (non-hydrogen) atoms. The van der Waals surface area contributed by atoms with Crippen LogP contribution in [0.5, 0.6) is 5.75 Å². The lowest BCUT2D eigenvalue weighted by Gasteiger charge is -2.32. The minimum absolute atomic E-state index is 0.00561. The molecule has 0 saturated heterocycles. The van der Waals surface area contributed by atoms with E-state index in [0.29, 0.717) is 5.69 Å². The molecule has 0 bridgehead atoms. The second-order valence-corrected chi connectivity index (χ2v) is 14.9. The molecule has 9 nitrogen and oxygen atoms in total. The van der Waals surface area contributed by atoms with Crippen LogP contribution in [0.1, 0.15) is 41.4 Å². The molecule has 4 heterocycles. The van der Waals surface area contributed by atoms with Gasteiger partial charge in [-0.3, -0.25) is 19.2 Å². The second kappa shape index (κ2) is 11.9. The molecule has 8 aromatic carbocycles. The zero-order valence-corrected chi connectivity index (χ0v) is 31.0. The largest absolute Gasteiger partial charge is 0.508 e. The van der Waals surface area contributed by atoms with E-state index in [1.165, 1.54) is 29.2 Å². The highest BCUT2D eigenvalue weighted by Gasteiger charge is 2.41. The number of nitrogens with zero attached hydrogens (tertiary/aromatic N) is 4. The van der Waals surface area contributed by atoms with Gasteiger partial charge in [0.05, 0.1) is 44.8 Å². The van der Waals surface area contributed by atoms with Gasteiger partial charge >= 0.3 is 0 Å². The zero-order valence-electron chi connectivity index (χ0n) is 31.0. The second-order valence-electron chi connectivity index (χ2n) is 14.9.